The number of carbonyl (C=O) groups excluding carboxylic acids is 4. The fourth-order valence-corrected chi connectivity index (χ4v) is 7.37. The molecule has 9 nitrogen and oxygen atoms in total. The normalized spacial score (nSPS) is 24.0. The third-order valence-electron chi connectivity index (χ3n) is 9.83. The van der Waals surface area contributed by atoms with Crippen molar-refractivity contribution in [2.24, 2.45) is 5.41 Å². The minimum Gasteiger partial charge on any atom is -0.355 e. The van der Waals surface area contributed by atoms with Crippen LogP contribution in [0.15, 0.2) is 24.3 Å². The quantitative estimate of drug-likeness (QED) is 0.400. The van der Waals surface area contributed by atoms with Crippen LogP contribution in [0.25, 0.3) is 10.9 Å². The van der Waals surface area contributed by atoms with Crippen molar-refractivity contribution in [1.82, 2.24) is 25.0 Å². The van der Waals surface area contributed by atoms with Crippen LogP contribution in [0.5, 0.6) is 0 Å². The summed E-state index contributed by atoms with van der Waals surface area (Å²) in [5.74, 6) is -1.05. The molecule has 3 aromatic rings. The number of aryl methyl sites for hydroxylation is 3. The van der Waals surface area contributed by atoms with Gasteiger partial charge < -0.3 is 10.2 Å². The molecule has 1 N–H and O–H groups in total. The Morgan fingerprint density at radius 3 is 2.50 bits per heavy atom. The van der Waals surface area contributed by atoms with Crippen molar-refractivity contribution in [3.8, 4) is 0 Å². The van der Waals surface area contributed by atoms with Gasteiger partial charge in [-0.05, 0) is 69.2 Å². The lowest BCUT2D eigenvalue weighted by Gasteiger charge is -2.27. The molecular formula is C34H38F3N5O4. The first-order valence-corrected chi connectivity index (χ1v) is 15.9. The third-order valence-corrected chi connectivity index (χ3v) is 9.83. The topological polar surface area (TPSA) is 114 Å². The molecule has 2 fully saturated rings. The Labute approximate surface area is 264 Å². The van der Waals surface area contributed by atoms with Crippen molar-refractivity contribution < 1.29 is 32.3 Å². The molecule has 1 aliphatic carbocycles. The first kappa shape index (κ1) is 31.9. The fourth-order valence-electron chi connectivity index (χ4n) is 7.37. The number of halogens is 3. The van der Waals surface area contributed by atoms with Crippen molar-refractivity contribution in [2.75, 3.05) is 6.54 Å². The second-order valence-corrected chi connectivity index (χ2v) is 13.3. The number of aromatic nitrogens is 3. The highest BCUT2D eigenvalue weighted by atomic mass is 19.4. The molecule has 244 valence electrons. The van der Waals surface area contributed by atoms with Crippen LogP contribution in [-0.2, 0) is 39.9 Å². The number of rotatable bonds is 4. The highest BCUT2D eigenvalue weighted by Crippen LogP contribution is 2.59. The lowest BCUT2D eigenvalue weighted by Crippen LogP contribution is -2.45. The summed E-state index contributed by atoms with van der Waals surface area (Å²) in [4.78, 5) is 58.7. The summed E-state index contributed by atoms with van der Waals surface area (Å²) in [6.45, 7) is 5.11. The Balaban J connectivity index is 1.37. The minimum absolute atomic E-state index is 0.0220. The number of pyridine rings is 1. The maximum absolute atomic E-state index is 14.2. The lowest BCUT2D eigenvalue weighted by atomic mass is 9.94. The fraction of sp³-hybridized carbons (Fsp3) is 0.529. The number of Topliss-reactive ketones (excluding diaryl/α,β-unsaturated/α-hetero) is 2. The number of alkyl halides is 3. The standard InChI is InChI=1S/C34H38F3N5O4/c1-19-12-22-8-6-4-5-7-9-29(45)38-18-33-15-25(26(44)14-24-20(2)10-11-27(39-24)34(35,36)37)42(28(33)16-33)30(46)17-41-32(22)23(13-19)31(40-41)21(3)43/h10-13,25,28H,4-9,14-18H2,1-3H3,(H,38,45)/t25-,28+,33-/m0/s1. The van der Waals surface area contributed by atoms with Gasteiger partial charge in [-0.15, -0.1) is 0 Å². The van der Waals surface area contributed by atoms with Crippen LogP contribution < -0.4 is 5.32 Å². The monoisotopic (exact) mass is 637 g/mol. The number of benzene rings is 1. The van der Waals surface area contributed by atoms with Crippen molar-refractivity contribution >= 4 is 34.3 Å². The van der Waals surface area contributed by atoms with Crippen LogP contribution in [-0.4, -0.2) is 61.7 Å². The van der Waals surface area contributed by atoms with Gasteiger partial charge in [0.2, 0.25) is 11.8 Å². The van der Waals surface area contributed by atoms with Crippen LogP contribution in [0.1, 0.15) is 90.4 Å². The SMILES string of the molecule is CC(=O)c1nn2c3c(cc(C)cc13)CCCCCCC(=O)NC[C@@]13C[C@@H](C(=O)Cc4nc(C(F)(F)F)ccc4C)N(C(=O)C2)[C@@H]1C3. The number of nitrogens with one attached hydrogen (secondary N) is 1. The summed E-state index contributed by atoms with van der Waals surface area (Å²) < 4.78 is 41.9. The van der Waals surface area contributed by atoms with E-state index in [2.05, 4.69) is 21.5 Å². The highest BCUT2D eigenvalue weighted by Gasteiger charge is 2.66. The first-order chi connectivity index (χ1) is 21.8. The molecule has 2 amide bonds. The largest absolute Gasteiger partial charge is 0.433 e. The Kier molecular flexibility index (Phi) is 8.27. The van der Waals surface area contributed by atoms with E-state index in [-0.39, 0.29) is 48.0 Å². The van der Waals surface area contributed by atoms with E-state index in [0.29, 0.717) is 43.2 Å². The molecule has 1 aromatic carbocycles. The molecule has 46 heavy (non-hydrogen) atoms. The lowest BCUT2D eigenvalue weighted by molar-refractivity contribution is -0.141. The second kappa shape index (κ2) is 11.9. The zero-order chi connectivity index (χ0) is 33.0. The molecule has 2 aromatic heterocycles. The van der Waals surface area contributed by atoms with E-state index in [1.807, 2.05) is 13.0 Å². The molecule has 3 aliphatic rings. The van der Waals surface area contributed by atoms with E-state index < -0.39 is 29.1 Å². The van der Waals surface area contributed by atoms with Gasteiger partial charge in [0.05, 0.1) is 23.7 Å². The van der Waals surface area contributed by atoms with Crippen molar-refractivity contribution in [2.45, 2.75) is 103 Å². The van der Waals surface area contributed by atoms with Gasteiger partial charge in [-0.2, -0.15) is 18.3 Å². The summed E-state index contributed by atoms with van der Waals surface area (Å²) in [5, 5.41) is 8.30. The number of ketones is 2. The van der Waals surface area contributed by atoms with E-state index in [0.717, 1.165) is 48.4 Å². The van der Waals surface area contributed by atoms with Gasteiger partial charge in [0.25, 0.3) is 0 Å². The molecule has 2 bridgehead atoms. The van der Waals surface area contributed by atoms with Crippen LogP contribution in [0.3, 0.4) is 0 Å². The van der Waals surface area contributed by atoms with Crippen LogP contribution >= 0.6 is 0 Å². The number of piperidine rings is 1. The highest BCUT2D eigenvalue weighted by molar-refractivity contribution is 6.06. The van der Waals surface area contributed by atoms with Gasteiger partial charge in [-0.3, -0.25) is 23.9 Å². The Bertz CT molecular complexity index is 1750. The Hall–Kier alpha value is -4.09. The summed E-state index contributed by atoms with van der Waals surface area (Å²) in [5.41, 5.74) is 1.87. The number of hydrogen-bond acceptors (Lipinski definition) is 6. The average Bonchev–Trinajstić information content (AvgIpc) is 3.40. The summed E-state index contributed by atoms with van der Waals surface area (Å²) in [6, 6.07) is 4.94. The molecular weight excluding hydrogens is 599 g/mol. The van der Waals surface area contributed by atoms with E-state index in [4.69, 9.17) is 0 Å². The van der Waals surface area contributed by atoms with Gasteiger partial charge >= 0.3 is 6.18 Å². The van der Waals surface area contributed by atoms with Crippen molar-refractivity contribution in [3.05, 3.63) is 58.0 Å². The van der Waals surface area contributed by atoms with Gasteiger partial charge in [0.1, 0.15) is 17.9 Å². The third kappa shape index (κ3) is 6.05. The average molecular weight is 638 g/mol. The Morgan fingerprint density at radius 1 is 1.04 bits per heavy atom. The smallest absolute Gasteiger partial charge is 0.355 e. The zero-order valence-electron chi connectivity index (χ0n) is 26.3. The number of amides is 2. The number of hydrogen-bond donors (Lipinski definition) is 1. The summed E-state index contributed by atoms with van der Waals surface area (Å²) >= 11 is 0. The molecule has 2 aliphatic heterocycles. The van der Waals surface area contributed by atoms with E-state index in [9.17, 15) is 32.3 Å². The molecule has 1 saturated heterocycles. The maximum Gasteiger partial charge on any atom is 0.433 e. The zero-order valence-corrected chi connectivity index (χ0v) is 26.3. The molecule has 6 rings (SSSR count). The predicted molar refractivity (Wildman–Crippen MR) is 163 cm³/mol. The minimum atomic E-state index is -4.66. The molecule has 0 radical (unpaired) electrons. The molecule has 1 saturated carbocycles. The molecule has 4 heterocycles. The number of carbonyl (C=O) groups is 4. The van der Waals surface area contributed by atoms with Crippen LogP contribution in [0.2, 0.25) is 0 Å². The van der Waals surface area contributed by atoms with Crippen LogP contribution in [0.4, 0.5) is 13.2 Å². The van der Waals surface area contributed by atoms with Crippen LogP contribution in [0, 0.1) is 19.3 Å². The predicted octanol–water partition coefficient (Wildman–Crippen LogP) is 5.06. The molecule has 0 unspecified atom stereocenters. The summed E-state index contributed by atoms with van der Waals surface area (Å²) in [7, 11) is 0. The van der Waals surface area contributed by atoms with Gasteiger partial charge in [-0.1, -0.05) is 30.5 Å². The molecule has 3 atom stereocenters. The molecule has 0 spiro atoms. The van der Waals surface area contributed by atoms with Gasteiger partial charge in [0.15, 0.2) is 11.6 Å². The van der Waals surface area contributed by atoms with E-state index >= 15 is 0 Å². The van der Waals surface area contributed by atoms with Gasteiger partial charge in [0, 0.05) is 36.7 Å². The van der Waals surface area contributed by atoms with Crippen molar-refractivity contribution in [3.63, 3.8) is 0 Å². The first-order valence-electron chi connectivity index (χ1n) is 15.9. The Morgan fingerprint density at radius 2 is 1.78 bits per heavy atom. The van der Waals surface area contributed by atoms with Gasteiger partial charge in [-0.25, -0.2) is 4.98 Å². The number of nitrogens with zero attached hydrogens (tertiary/aromatic N) is 4. The maximum atomic E-state index is 14.2. The van der Waals surface area contributed by atoms with Crippen molar-refractivity contribution in [1.29, 1.82) is 0 Å². The molecule has 12 heteroatoms. The van der Waals surface area contributed by atoms with E-state index in [1.54, 1.807) is 16.5 Å². The van der Waals surface area contributed by atoms with E-state index in [1.165, 1.54) is 13.0 Å². The summed E-state index contributed by atoms with van der Waals surface area (Å²) in [6.07, 6.45) is 0.404. The second-order valence-electron chi connectivity index (χ2n) is 13.3.